The minimum Gasteiger partial charge on any atom is -0.496 e. The molecule has 2 amide bonds. The van der Waals surface area contributed by atoms with Crippen LogP contribution in [0.15, 0.2) is 66.7 Å². The van der Waals surface area contributed by atoms with E-state index in [-0.39, 0.29) is 11.8 Å². The van der Waals surface area contributed by atoms with Gasteiger partial charge >= 0.3 is 0 Å². The van der Waals surface area contributed by atoms with Crippen molar-refractivity contribution in [2.24, 2.45) is 0 Å². The third-order valence-electron chi connectivity index (χ3n) is 5.29. The molecular formula is C27H31N3O3. The molecule has 0 unspecified atom stereocenters. The first kappa shape index (κ1) is 24.0. The normalized spacial score (nSPS) is 10.7. The summed E-state index contributed by atoms with van der Waals surface area (Å²) in [6, 6.07) is 20.6. The fourth-order valence-corrected chi connectivity index (χ4v) is 3.81. The number of amides is 2. The van der Waals surface area contributed by atoms with E-state index in [1.54, 1.807) is 18.1 Å². The molecule has 0 aliphatic carbocycles. The second-order valence-corrected chi connectivity index (χ2v) is 8.32. The molecule has 0 radical (unpaired) electrons. The van der Waals surface area contributed by atoms with Crippen LogP contribution in [0.2, 0.25) is 0 Å². The van der Waals surface area contributed by atoms with E-state index in [2.05, 4.69) is 5.32 Å². The van der Waals surface area contributed by atoms with Crippen LogP contribution < -0.4 is 15.0 Å². The highest BCUT2D eigenvalue weighted by atomic mass is 16.5. The van der Waals surface area contributed by atoms with Crippen LogP contribution in [0.25, 0.3) is 0 Å². The maximum absolute atomic E-state index is 13.3. The standard InChI is InChI=1S/C27H31N3O3/c1-19-14-23(15-20(2)25(19)33-5)26(31)28-17-21-10-9-11-22(16-21)27(32)30(18-29(3)4)24-12-7-6-8-13-24/h6-16H,17-18H2,1-5H3,(H,28,31). The molecule has 3 aromatic rings. The number of hydrogen-bond donors (Lipinski definition) is 1. The molecule has 6 nitrogen and oxygen atoms in total. The maximum atomic E-state index is 13.3. The number of benzene rings is 3. The molecule has 0 aromatic heterocycles. The lowest BCUT2D eigenvalue weighted by atomic mass is 10.0. The van der Waals surface area contributed by atoms with Gasteiger partial charge in [0.2, 0.25) is 0 Å². The van der Waals surface area contributed by atoms with Crippen molar-refractivity contribution in [2.45, 2.75) is 20.4 Å². The number of rotatable bonds is 8. The van der Waals surface area contributed by atoms with Gasteiger partial charge in [-0.15, -0.1) is 0 Å². The largest absolute Gasteiger partial charge is 0.496 e. The van der Waals surface area contributed by atoms with Gasteiger partial charge in [-0.25, -0.2) is 0 Å². The molecule has 6 heteroatoms. The van der Waals surface area contributed by atoms with Gasteiger partial charge in [0, 0.05) is 23.4 Å². The van der Waals surface area contributed by atoms with Crippen LogP contribution in [-0.2, 0) is 6.54 Å². The number of hydrogen-bond acceptors (Lipinski definition) is 4. The van der Waals surface area contributed by atoms with E-state index in [1.165, 1.54) is 0 Å². The summed E-state index contributed by atoms with van der Waals surface area (Å²) in [5, 5.41) is 2.95. The van der Waals surface area contributed by atoms with Gasteiger partial charge in [0.1, 0.15) is 5.75 Å². The Balaban J connectivity index is 1.75. The Kier molecular flexibility index (Phi) is 7.85. The summed E-state index contributed by atoms with van der Waals surface area (Å²) >= 11 is 0. The van der Waals surface area contributed by atoms with E-state index in [0.29, 0.717) is 24.3 Å². The summed E-state index contributed by atoms with van der Waals surface area (Å²) < 4.78 is 5.38. The van der Waals surface area contributed by atoms with Gasteiger partial charge in [-0.05, 0) is 81.0 Å². The van der Waals surface area contributed by atoms with Crippen molar-refractivity contribution in [3.8, 4) is 5.75 Å². The molecule has 0 aliphatic heterocycles. The molecule has 0 spiro atoms. The third kappa shape index (κ3) is 5.99. The summed E-state index contributed by atoms with van der Waals surface area (Å²) in [6.45, 7) is 4.62. The Labute approximate surface area is 195 Å². The Morgan fingerprint density at radius 3 is 2.15 bits per heavy atom. The molecule has 0 atom stereocenters. The highest BCUT2D eigenvalue weighted by molar-refractivity contribution is 6.06. The zero-order valence-corrected chi connectivity index (χ0v) is 19.9. The summed E-state index contributed by atoms with van der Waals surface area (Å²) in [7, 11) is 5.48. The summed E-state index contributed by atoms with van der Waals surface area (Å²) in [5.74, 6) is 0.530. The van der Waals surface area contributed by atoms with Crippen LogP contribution in [0.1, 0.15) is 37.4 Å². The van der Waals surface area contributed by atoms with Crippen LogP contribution in [0, 0.1) is 13.8 Å². The highest BCUT2D eigenvalue weighted by Gasteiger charge is 2.19. The summed E-state index contributed by atoms with van der Waals surface area (Å²) in [6.07, 6.45) is 0. The van der Waals surface area contributed by atoms with E-state index < -0.39 is 0 Å². The minimum absolute atomic E-state index is 0.0931. The van der Waals surface area contributed by atoms with Crippen LogP contribution in [0.4, 0.5) is 5.69 Å². The van der Waals surface area contributed by atoms with Crippen molar-refractivity contribution < 1.29 is 14.3 Å². The lowest BCUT2D eigenvalue weighted by Gasteiger charge is -2.26. The topological polar surface area (TPSA) is 61.9 Å². The summed E-state index contributed by atoms with van der Waals surface area (Å²) in [4.78, 5) is 29.7. The SMILES string of the molecule is COc1c(C)cc(C(=O)NCc2cccc(C(=O)N(CN(C)C)c3ccccc3)c2)cc1C. The van der Waals surface area contributed by atoms with E-state index in [0.717, 1.165) is 28.1 Å². The average molecular weight is 446 g/mol. The van der Waals surface area contributed by atoms with Gasteiger partial charge in [-0.2, -0.15) is 0 Å². The van der Waals surface area contributed by atoms with E-state index in [1.807, 2.05) is 93.5 Å². The number of methoxy groups -OCH3 is 1. The van der Waals surface area contributed by atoms with E-state index in [9.17, 15) is 9.59 Å². The van der Waals surface area contributed by atoms with E-state index >= 15 is 0 Å². The number of nitrogens with zero attached hydrogens (tertiary/aromatic N) is 2. The molecule has 172 valence electrons. The fraction of sp³-hybridized carbons (Fsp3) is 0.259. The first-order valence-electron chi connectivity index (χ1n) is 10.8. The molecule has 33 heavy (non-hydrogen) atoms. The third-order valence-corrected chi connectivity index (χ3v) is 5.29. The first-order valence-corrected chi connectivity index (χ1v) is 10.8. The van der Waals surface area contributed by atoms with Gasteiger partial charge in [0.05, 0.1) is 13.8 Å². The van der Waals surface area contributed by atoms with Crippen molar-refractivity contribution in [1.29, 1.82) is 0 Å². The predicted molar refractivity (Wildman–Crippen MR) is 132 cm³/mol. The Hall–Kier alpha value is -3.64. The zero-order valence-electron chi connectivity index (χ0n) is 19.9. The van der Waals surface area contributed by atoms with Gasteiger partial charge in [-0.3, -0.25) is 19.4 Å². The maximum Gasteiger partial charge on any atom is 0.259 e. The number of para-hydroxylation sites is 1. The second-order valence-electron chi connectivity index (χ2n) is 8.32. The number of carbonyl (C=O) groups is 2. The molecular weight excluding hydrogens is 414 g/mol. The van der Waals surface area contributed by atoms with Crippen LogP contribution >= 0.6 is 0 Å². The molecule has 0 fully saturated rings. The van der Waals surface area contributed by atoms with Crippen molar-refractivity contribution in [3.05, 3.63) is 94.5 Å². The molecule has 3 rings (SSSR count). The van der Waals surface area contributed by atoms with Crippen LogP contribution in [0.5, 0.6) is 5.75 Å². The fourth-order valence-electron chi connectivity index (χ4n) is 3.81. The predicted octanol–water partition coefficient (Wildman–Crippen LogP) is 4.41. The van der Waals surface area contributed by atoms with Crippen LogP contribution in [0.3, 0.4) is 0 Å². The summed E-state index contributed by atoms with van der Waals surface area (Å²) in [5.41, 5.74) is 4.67. The van der Waals surface area contributed by atoms with Crippen molar-refractivity contribution >= 4 is 17.5 Å². The number of aryl methyl sites for hydroxylation is 2. The van der Waals surface area contributed by atoms with E-state index in [4.69, 9.17) is 4.74 Å². The zero-order chi connectivity index (χ0) is 24.0. The average Bonchev–Trinajstić information content (AvgIpc) is 2.81. The Morgan fingerprint density at radius 1 is 0.879 bits per heavy atom. The van der Waals surface area contributed by atoms with Gasteiger partial charge in [0.15, 0.2) is 0 Å². The van der Waals surface area contributed by atoms with Crippen LogP contribution in [-0.4, -0.2) is 44.6 Å². The molecule has 0 saturated heterocycles. The smallest absolute Gasteiger partial charge is 0.259 e. The Bertz CT molecular complexity index is 1100. The molecule has 0 aliphatic rings. The lowest BCUT2D eigenvalue weighted by molar-refractivity contribution is 0.0949. The number of ether oxygens (including phenoxy) is 1. The van der Waals surface area contributed by atoms with Crippen molar-refractivity contribution in [2.75, 3.05) is 32.8 Å². The van der Waals surface area contributed by atoms with Crippen molar-refractivity contribution in [1.82, 2.24) is 10.2 Å². The first-order chi connectivity index (χ1) is 15.8. The highest BCUT2D eigenvalue weighted by Crippen LogP contribution is 2.24. The van der Waals surface area contributed by atoms with Crippen molar-refractivity contribution in [3.63, 3.8) is 0 Å². The Morgan fingerprint density at radius 2 is 1.55 bits per heavy atom. The number of carbonyl (C=O) groups excluding carboxylic acids is 2. The molecule has 0 saturated carbocycles. The number of anilines is 1. The lowest BCUT2D eigenvalue weighted by Crippen LogP contribution is -2.38. The molecule has 0 bridgehead atoms. The quantitative estimate of drug-likeness (QED) is 0.522. The van der Waals surface area contributed by atoms with Gasteiger partial charge in [-0.1, -0.05) is 30.3 Å². The number of nitrogens with one attached hydrogen (secondary N) is 1. The van der Waals surface area contributed by atoms with Gasteiger partial charge < -0.3 is 10.1 Å². The second kappa shape index (κ2) is 10.8. The monoisotopic (exact) mass is 445 g/mol. The van der Waals surface area contributed by atoms with Gasteiger partial charge in [0.25, 0.3) is 11.8 Å². The molecule has 0 heterocycles. The minimum atomic E-state index is -0.167. The molecule has 1 N–H and O–H groups in total. The molecule has 3 aromatic carbocycles.